The van der Waals surface area contributed by atoms with Gasteiger partial charge in [0.25, 0.3) is 17.8 Å². The van der Waals surface area contributed by atoms with E-state index >= 15 is 0 Å². The van der Waals surface area contributed by atoms with Gasteiger partial charge in [0.2, 0.25) is 0 Å². The highest BCUT2D eigenvalue weighted by atomic mass is 32.2. The van der Waals surface area contributed by atoms with Gasteiger partial charge in [0.1, 0.15) is 0 Å². The number of fused-ring (bicyclic) bond motifs is 2. The number of thioether (sulfide) groups is 1. The van der Waals surface area contributed by atoms with Gasteiger partial charge in [-0.3, -0.25) is 19.1 Å². The molecule has 3 N–H and O–H groups in total. The first-order valence-electron chi connectivity index (χ1n) is 10.9. The highest BCUT2D eigenvalue weighted by molar-refractivity contribution is 7.99. The van der Waals surface area contributed by atoms with Crippen molar-refractivity contribution in [3.8, 4) is 6.01 Å². The maximum absolute atomic E-state index is 12.5. The van der Waals surface area contributed by atoms with Crippen molar-refractivity contribution in [2.45, 2.75) is 24.5 Å². The molecule has 3 heterocycles. The van der Waals surface area contributed by atoms with Gasteiger partial charge in [-0.15, -0.1) is 0 Å². The molecule has 0 unspecified atom stereocenters. The van der Waals surface area contributed by atoms with Gasteiger partial charge in [0.05, 0.1) is 17.7 Å². The minimum absolute atomic E-state index is 0.164. The van der Waals surface area contributed by atoms with E-state index in [-0.39, 0.29) is 23.6 Å². The van der Waals surface area contributed by atoms with Gasteiger partial charge >= 0.3 is 0 Å². The second kappa shape index (κ2) is 9.14. The molecule has 9 nitrogen and oxygen atoms in total. The van der Waals surface area contributed by atoms with Crippen molar-refractivity contribution >= 4 is 40.6 Å². The molecule has 0 radical (unpaired) electrons. The molecule has 34 heavy (non-hydrogen) atoms. The summed E-state index contributed by atoms with van der Waals surface area (Å²) in [7, 11) is 0. The number of nitrogens with two attached hydrogens (primary N) is 1. The number of amides is 2. The fourth-order valence-corrected chi connectivity index (χ4v) is 4.79. The van der Waals surface area contributed by atoms with Crippen LogP contribution in [0.15, 0.2) is 59.8 Å². The van der Waals surface area contributed by atoms with Crippen LogP contribution in [0, 0.1) is 0 Å². The van der Waals surface area contributed by atoms with Crippen LogP contribution in [0.5, 0.6) is 6.01 Å². The molecule has 1 aliphatic heterocycles. The fourth-order valence-electron chi connectivity index (χ4n) is 3.94. The van der Waals surface area contributed by atoms with Gasteiger partial charge in [0, 0.05) is 12.3 Å². The SMILES string of the molecule is Nc1nc(SCCCCN2C(=O)c3ccccc3C2=O)nc2c1nc(O)n2Cc1ccccc1. The number of carbonyl (C=O) groups is 2. The number of benzene rings is 2. The Morgan fingerprint density at radius 2 is 1.56 bits per heavy atom. The summed E-state index contributed by atoms with van der Waals surface area (Å²) in [4.78, 5) is 39.2. The lowest BCUT2D eigenvalue weighted by Gasteiger charge is -2.13. The molecule has 0 saturated heterocycles. The molecule has 0 aliphatic carbocycles. The van der Waals surface area contributed by atoms with Gasteiger partial charge < -0.3 is 10.8 Å². The van der Waals surface area contributed by atoms with Crippen LogP contribution in [-0.4, -0.2) is 53.6 Å². The molecule has 0 spiro atoms. The second-order valence-corrected chi connectivity index (χ2v) is 8.97. The summed E-state index contributed by atoms with van der Waals surface area (Å²) in [5, 5.41) is 10.8. The van der Waals surface area contributed by atoms with Crippen LogP contribution < -0.4 is 5.73 Å². The largest absolute Gasteiger partial charge is 0.480 e. The summed E-state index contributed by atoms with van der Waals surface area (Å²) in [6.07, 6.45) is 1.43. The average Bonchev–Trinajstić information content (AvgIpc) is 3.29. The molecule has 1 aliphatic rings. The van der Waals surface area contributed by atoms with Crippen molar-refractivity contribution < 1.29 is 14.7 Å². The summed E-state index contributed by atoms with van der Waals surface area (Å²) in [5.74, 6) is 0.427. The number of carbonyl (C=O) groups excluding carboxylic acids is 2. The number of nitrogen functional groups attached to an aromatic ring is 1. The molecule has 2 aromatic heterocycles. The number of unbranched alkanes of at least 4 members (excludes halogenated alkanes) is 1. The van der Waals surface area contributed by atoms with Gasteiger partial charge in [-0.1, -0.05) is 54.2 Å². The average molecular weight is 475 g/mol. The Kier molecular flexibility index (Phi) is 5.89. The number of aromatic hydroxyl groups is 1. The van der Waals surface area contributed by atoms with E-state index in [0.29, 0.717) is 52.7 Å². The Hall–Kier alpha value is -3.92. The van der Waals surface area contributed by atoms with Crippen LogP contribution in [-0.2, 0) is 6.54 Å². The third-order valence-electron chi connectivity index (χ3n) is 5.65. The number of hydrogen-bond acceptors (Lipinski definition) is 8. The quantitative estimate of drug-likeness (QED) is 0.172. The summed E-state index contributed by atoms with van der Waals surface area (Å²) in [6.45, 7) is 0.774. The first-order chi connectivity index (χ1) is 16.5. The van der Waals surface area contributed by atoms with Crippen LogP contribution in [0.4, 0.5) is 5.82 Å². The monoisotopic (exact) mass is 474 g/mol. The maximum atomic E-state index is 12.5. The Morgan fingerprint density at radius 3 is 2.26 bits per heavy atom. The number of imide groups is 1. The summed E-state index contributed by atoms with van der Waals surface area (Å²) in [5.41, 5.74) is 8.85. The molecule has 172 valence electrons. The Morgan fingerprint density at radius 1 is 0.882 bits per heavy atom. The van der Waals surface area contributed by atoms with Crippen LogP contribution in [0.1, 0.15) is 39.1 Å². The van der Waals surface area contributed by atoms with Crippen molar-refractivity contribution in [1.29, 1.82) is 0 Å². The molecule has 10 heteroatoms. The summed E-state index contributed by atoms with van der Waals surface area (Å²) in [6, 6.07) is 16.4. The molecule has 0 bridgehead atoms. The van der Waals surface area contributed by atoms with Gasteiger partial charge in [-0.2, -0.15) is 4.98 Å². The van der Waals surface area contributed by atoms with E-state index in [1.54, 1.807) is 28.8 Å². The number of anilines is 1. The van der Waals surface area contributed by atoms with Crippen LogP contribution in [0.3, 0.4) is 0 Å². The lowest BCUT2D eigenvalue weighted by atomic mass is 10.1. The van der Waals surface area contributed by atoms with E-state index in [1.165, 1.54) is 16.7 Å². The van der Waals surface area contributed by atoms with Gasteiger partial charge in [0.15, 0.2) is 22.1 Å². The molecule has 2 aromatic carbocycles. The molecule has 0 atom stereocenters. The predicted molar refractivity (Wildman–Crippen MR) is 129 cm³/mol. The zero-order valence-electron chi connectivity index (χ0n) is 18.2. The highest BCUT2D eigenvalue weighted by Gasteiger charge is 2.34. The lowest BCUT2D eigenvalue weighted by Crippen LogP contribution is -2.30. The van der Waals surface area contributed by atoms with Crippen LogP contribution >= 0.6 is 11.8 Å². The number of hydrogen-bond donors (Lipinski definition) is 2. The fraction of sp³-hybridized carbons (Fsp3) is 0.208. The summed E-state index contributed by atoms with van der Waals surface area (Å²) < 4.78 is 1.61. The normalized spacial score (nSPS) is 13.1. The Labute approximate surface area is 199 Å². The molecular formula is C24H22N6O3S. The van der Waals surface area contributed by atoms with Crippen LogP contribution in [0.25, 0.3) is 11.2 Å². The van der Waals surface area contributed by atoms with Crippen molar-refractivity contribution in [2.75, 3.05) is 18.0 Å². The molecule has 0 fully saturated rings. The van der Waals surface area contributed by atoms with Gasteiger partial charge in [-0.25, -0.2) is 9.97 Å². The van der Waals surface area contributed by atoms with E-state index in [9.17, 15) is 14.7 Å². The Bertz CT molecular complexity index is 1350. The smallest absolute Gasteiger partial charge is 0.296 e. The zero-order chi connectivity index (χ0) is 23.7. The standard InChI is InChI=1S/C24H22N6O3S/c25-19-18-20(30(24(33)26-18)14-15-8-2-1-3-9-15)28-23(27-19)34-13-7-6-12-29-21(31)16-10-4-5-11-17(16)22(29)32/h1-5,8-11H,6-7,12-14H2,(H,26,33)(H2,25,27,28). The number of nitrogens with zero attached hydrogens (tertiary/aromatic N) is 5. The second-order valence-electron chi connectivity index (χ2n) is 7.91. The minimum atomic E-state index is -0.235. The minimum Gasteiger partial charge on any atom is -0.480 e. The topological polar surface area (TPSA) is 127 Å². The van der Waals surface area contributed by atoms with Crippen molar-refractivity contribution in [3.05, 3.63) is 71.3 Å². The van der Waals surface area contributed by atoms with Crippen molar-refractivity contribution in [2.24, 2.45) is 0 Å². The first-order valence-corrected chi connectivity index (χ1v) is 11.9. The van der Waals surface area contributed by atoms with E-state index < -0.39 is 0 Å². The Balaban J connectivity index is 1.21. The third-order valence-corrected chi connectivity index (χ3v) is 6.58. The lowest BCUT2D eigenvalue weighted by molar-refractivity contribution is 0.0652. The predicted octanol–water partition coefficient (Wildman–Crippen LogP) is 3.33. The zero-order valence-corrected chi connectivity index (χ0v) is 19.0. The van der Waals surface area contributed by atoms with E-state index in [4.69, 9.17) is 5.73 Å². The molecule has 4 aromatic rings. The van der Waals surface area contributed by atoms with Gasteiger partial charge in [-0.05, 0) is 30.5 Å². The molecule has 5 rings (SSSR count). The maximum Gasteiger partial charge on any atom is 0.296 e. The van der Waals surface area contributed by atoms with E-state index in [0.717, 1.165) is 12.0 Å². The molecule has 2 amide bonds. The van der Waals surface area contributed by atoms with E-state index in [2.05, 4.69) is 15.0 Å². The first kappa shape index (κ1) is 21.9. The van der Waals surface area contributed by atoms with Crippen LogP contribution in [0.2, 0.25) is 0 Å². The molecular weight excluding hydrogens is 452 g/mol. The van der Waals surface area contributed by atoms with E-state index in [1.807, 2.05) is 30.3 Å². The number of aromatic nitrogens is 4. The highest BCUT2D eigenvalue weighted by Crippen LogP contribution is 2.27. The van der Waals surface area contributed by atoms with Crippen molar-refractivity contribution in [3.63, 3.8) is 0 Å². The summed E-state index contributed by atoms with van der Waals surface area (Å²) >= 11 is 1.43. The van der Waals surface area contributed by atoms with Crippen molar-refractivity contribution in [1.82, 2.24) is 24.4 Å². The number of imidazole rings is 1. The number of rotatable bonds is 8. The molecule has 0 saturated carbocycles. The third kappa shape index (κ3) is 4.08.